The van der Waals surface area contributed by atoms with E-state index in [1.165, 1.54) is 16.3 Å². The van der Waals surface area contributed by atoms with Gasteiger partial charge in [-0.3, -0.25) is 24.2 Å². The number of H-pyrrole nitrogens is 1. The van der Waals surface area contributed by atoms with E-state index < -0.39 is 5.56 Å². The molecule has 2 N–H and O–H groups in total. The van der Waals surface area contributed by atoms with Crippen LogP contribution in [0.15, 0.2) is 64.4 Å². The number of likely N-dealkylation sites (tertiary alicyclic amines) is 1. The van der Waals surface area contributed by atoms with E-state index in [2.05, 4.69) is 39.1 Å². The second-order valence-electron chi connectivity index (χ2n) is 8.03. The third-order valence-electron chi connectivity index (χ3n) is 5.75. The highest BCUT2D eigenvalue weighted by Gasteiger charge is 2.19. The Labute approximate surface area is 198 Å². The zero-order valence-electron chi connectivity index (χ0n) is 18.6. The predicted molar refractivity (Wildman–Crippen MR) is 132 cm³/mol. The molecular weight excluding hydrogens is 436 g/mol. The number of aromatic nitrogens is 2. The standard InChI is InChI=1S/C25H28N4O3S/c1-2-32-21-10-8-20(9-11-21)29-24(31)22(23(30)27-25(29)33)16-26-19-12-14-28(15-13-19)17-18-6-4-3-5-7-18/h3-11,16,19,31H,2,12-15,17H2,1H3,(H,27,30,33). The molecule has 172 valence electrons. The van der Waals surface area contributed by atoms with Gasteiger partial charge < -0.3 is 9.84 Å². The molecule has 0 aliphatic carbocycles. The van der Waals surface area contributed by atoms with Gasteiger partial charge in [0.05, 0.1) is 18.3 Å². The lowest BCUT2D eigenvalue weighted by atomic mass is 10.0. The highest BCUT2D eigenvalue weighted by atomic mass is 32.1. The van der Waals surface area contributed by atoms with Crippen molar-refractivity contribution in [3.05, 3.63) is 80.8 Å². The minimum absolute atomic E-state index is 0.101. The van der Waals surface area contributed by atoms with Crippen LogP contribution in [0.5, 0.6) is 11.6 Å². The van der Waals surface area contributed by atoms with Crippen molar-refractivity contribution in [2.45, 2.75) is 32.4 Å². The zero-order chi connectivity index (χ0) is 23.2. The monoisotopic (exact) mass is 464 g/mol. The fraction of sp³-hybridized carbons (Fsp3) is 0.320. The SMILES string of the molecule is CCOc1ccc(-n2c(O)c(C=NC3CCN(Cc4ccccc4)CC3)c(=O)[nH]c2=S)cc1. The summed E-state index contributed by atoms with van der Waals surface area (Å²) in [7, 11) is 0. The first-order valence-corrected chi connectivity index (χ1v) is 11.6. The number of nitrogens with one attached hydrogen (secondary N) is 1. The molecule has 2 aromatic carbocycles. The Kier molecular flexibility index (Phi) is 7.36. The molecule has 2 heterocycles. The van der Waals surface area contributed by atoms with Gasteiger partial charge in [0, 0.05) is 25.8 Å². The summed E-state index contributed by atoms with van der Waals surface area (Å²) in [5, 5.41) is 10.9. The molecule has 0 unspecified atom stereocenters. The van der Waals surface area contributed by atoms with Crippen LogP contribution in [-0.4, -0.2) is 51.5 Å². The highest BCUT2D eigenvalue weighted by molar-refractivity contribution is 7.71. The lowest BCUT2D eigenvalue weighted by molar-refractivity contribution is 0.206. The Balaban J connectivity index is 1.47. The Morgan fingerprint density at radius 2 is 1.85 bits per heavy atom. The van der Waals surface area contributed by atoms with E-state index in [1.54, 1.807) is 24.3 Å². The van der Waals surface area contributed by atoms with Crippen molar-refractivity contribution in [1.82, 2.24) is 14.5 Å². The number of aromatic amines is 1. The van der Waals surface area contributed by atoms with Crippen LogP contribution in [0, 0.1) is 4.77 Å². The van der Waals surface area contributed by atoms with E-state index in [0.717, 1.165) is 38.2 Å². The molecule has 1 aliphatic rings. The van der Waals surface area contributed by atoms with E-state index in [9.17, 15) is 9.90 Å². The predicted octanol–water partition coefficient (Wildman–Crippen LogP) is 4.08. The molecule has 3 aromatic rings. The van der Waals surface area contributed by atoms with E-state index in [-0.39, 0.29) is 22.3 Å². The van der Waals surface area contributed by atoms with Gasteiger partial charge >= 0.3 is 0 Å². The lowest BCUT2D eigenvalue weighted by Gasteiger charge is -2.30. The van der Waals surface area contributed by atoms with Crippen molar-refractivity contribution in [3.8, 4) is 17.3 Å². The fourth-order valence-electron chi connectivity index (χ4n) is 4.00. The van der Waals surface area contributed by atoms with Gasteiger partial charge in [-0.15, -0.1) is 0 Å². The number of aromatic hydroxyl groups is 1. The average Bonchev–Trinajstić information content (AvgIpc) is 2.82. The highest BCUT2D eigenvalue weighted by Crippen LogP contribution is 2.22. The molecule has 1 aliphatic heterocycles. The van der Waals surface area contributed by atoms with E-state index in [0.29, 0.717) is 12.3 Å². The molecule has 0 radical (unpaired) electrons. The van der Waals surface area contributed by atoms with Crippen LogP contribution < -0.4 is 10.3 Å². The van der Waals surface area contributed by atoms with Crippen molar-refractivity contribution in [1.29, 1.82) is 0 Å². The summed E-state index contributed by atoms with van der Waals surface area (Å²) in [6.07, 6.45) is 3.28. The Bertz CT molecular complexity index is 1210. The number of hydrogen-bond acceptors (Lipinski definition) is 6. The maximum absolute atomic E-state index is 12.5. The molecule has 1 fully saturated rings. The third-order valence-corrected chi connectivity index (χ3v) is 6.03. The molecule has 7 nitrogen and oxygen atoms in total. The number of hydrogen-bond donors (Lipinski definition) is 2. The van der Waals surface area contributed by atoms with Crippen molar-refractivity contribution >= 4 is 18.4 Å². The second-order valence-corrected chi connectivity index (χ2v) is 8.42. The summed E-state index contributed by atoms with van der Waals surface area (Å²) in [5.74, 6) is 0.496. The molecule has 0 amide bonds. The molecule has 8 heteroatoms. The van der Waals surface area contributed by atoms with Gasteiger partial charge in [0.15, 0.2) is 4.77 Å². The summed E-state index contributed by atoms with van der Waals surface area (Å²) in [5.41, 5.74) is 1.58. The van der Waals surface area contributed by atoms with Crippen LogP contribution >= 0.6 is 12.2 Å². The van der Waals surface area contributed by atoms with Crippen LogP contribution in [-0.2, 0) is 6.54 Å². The van der Waals surface area contributed by atoms with Gasteiger partial charge in [0.25, 0.3) is 5.56 Å². The summed E-state index contributed by atoms with van der Waals surface area (Å²) in [6, 6.07) is 17.7. The van der Waals surface area contributed by atoms with Crippen molar-refractivity contribution in [2.24, 2.45) is 4.99 Å². The number of nitrogens with zero attached hydrogens (tertiary/aromatic N) is 3. The van der Waals surface area contributed by atoms with Gasteiger partial charge in [-0.2, -0.15) is 0 Å². The van der Waals surface area contributed by atoms with Crippen LogP contribution in [0.3, 0.4) is 0 Å². The molecular formula is C25H28N4O3S. The number of ether oxygens (including phenoxy) is 1. The molecule has 0 spiro atoms. The summed E-state index contributed by atoms with van der Waals surface area (Å²) < 4.78 is 7.01. The van der Waals surface area contributed by atoms with Crippen molar-refractivity contribution < 1.29 is 9.84 Å². The van der Waals surface area contributed by atoms with Gasteiger partial charge in [0.1, 0.15) is 11.3 Å². The van der Waals surface area contributed by atoms with Crippen LogP contribution in [0.25, 0.3) is 5.69 Å². The first-order valence-electron chi connectivity index (χ1n) is 11.2. The summed E-state index contributed by atoms with van der Waals surface area (Å²) in [6.45, 7) is 5.29. The van der Waals surface area contributed by atoms with E-state index in [1.807, 2.05) is 13.0 Å². The van der Waals surface area contributed by atoms with Gasteiger partial charge in [-0.1, -0.05) is 30.3 Å². The second kappa shape index (κ2) is 10.6. The molecule has 0 bridgehead atoms. The van der Waals surface area contributed by atoms with Crippen LogP contribution in [0.4, 0.5) is 0 Å². The largest absolute Gasteiger partial charge is 0.494 e. The lowest BCUT2D eigenvalue weighted by Crippen LogP contribution is -2.34. The third kappa shape index (κ3) is 5.58. The first-order chi connectivity index (χ1) is 16.0. The molecule has 33 heavy (non-hydrogen) atoms. The summed E-state index contributed by atoms with van der Waals surface area (Å²) >= 11 is 5.29. The van der Waals surface area contributed by atoms with E-state index in [4.69, 9.17) is 17.0 Å². The van der Waals surface area contributed by atoms with Crippen molar-refractivity contribution in [3.63, 3.8) is 0 Å². The average molecular weight is 465 g/mol. The van der Waals surface area contributed by atoms with Gasteiger partial charge in [-0.25, -0.2) is 0 Å². The molecule has 1 saturated heterocycles. The van der Waals surface area contributed by atoms with Crippen molar-refractivity contribution in [2.75, 3.05) is 19.7 Å². The van der Waals surface area contributed by atoms with Crippen LogP contribution in [0.2, 0.25) is 0 Å². The summed E-state index contributed by atoms with van der Waals surface area (Å²) in [4.78, 5) is 22.2. The molecule has 1 aromatic heterocycles. The first kappa shape index (κ1) is 22.9. The van der Waals surface area contributed by atoms with Crippen LogP contribution in [0.1, 0.15) is 30.9 Å². The normalized spacial score (nSPS) is 15.2. The Morgan fingerprint density at radius 1 is 1.15 bits per heavy atom. The molecule has 4 rings (SSSR count). The van der Waals surface area contributed by atoms with Gasteiger partial charge in [0.2, 0.25) is 5.88 Å². The number of piperidine rings is 1. The fourth-order valence-corrected chi connectivity index (χ4v) is 4.29. The molecule has 0 atom stereocenters. The minimum Gasteiger partial charge on any atom is -0.494 e. The maximum atomic E-state index is 12.5. The topological polar surface area (TPSA) is 82.8 Å². The van der Waals surface area contributed by atoms with Gasteiger partial charge in [-0.05, 0) is 61.8 Å². The zero-order valence-corrected chi connectivity index (χ0v) is 19.4. The number of rotatable bonds is 7. The number of benzene rings is 2. The maximum Gasteiger partial charge on any atom is 0.264 e. The number of aliphatic imine (C=N–C) groups is 1. The molecule has 0 saturated carbocycles. The minimum atomic E-state index is -0.454. The smallest absolute Gasteiger partial charge is 0.264 e. The quantitative estimate of drug-likeness (QED) is 0.407. The Hall–Kier alpha value is -3.23. The Morgan fingerprint density at radius 3 is 2.52 bits per heavy atom. The van der Waals surface area contributed by atoms with E-state index >= 15 is 0 Å².